The predicted octanol–water partition coefficient (Wildman–Crippen LogP) is 2.81. The second kappa shape index (κ2) is 11.1. The lowest BCUT2D eigenvalue weighted by Gasteiger charge is -2.24. The average molecular weight is 485 g/mol. The number of anilines is 2. The molecule has 0 atom stereocenters. The van der Waals surface area contributed by atoms with Gasteiger partial charge in [-0.1, -0.05) is 32.4 Å². The third kappa shape index (κ3) is 5.47. The minimum atomic E-state index is -0.758. The van der Waals surface area contributed by atoms with Gasteiger partial charge >= 0.3 is 11.7 Å². The quantitative estimate of drug-likeness (QED) is 0.422. The summed E-state index contributed by atoms with van der Waals surface area (Å²) in [6.07, 6.45) is 3.40. The van der Waals surface area contributed by atoms with E-state index in [0.29, 0.717) is 24.0 Å². The summed E-state index contributed by atoms with van der Waals surface area (Å²) in [6.45, 7) is 7.64. The van der Waals surface area contributed by atoms with Gasteiger partial charge in [-0.15, -0.1) is 0 Å². The Bertz CT molecular complexity index is 1350. The second-order valence-corrected chi connectivity index (χ2v) is 8.53. The Morgan fingerprint density at radius 3 is 2.60 bits per heavy atom. The largest absolute Gasteiger partial charge is 0.464 e. The molecule has 0 aliphatic rings. The van der Waals surface area contributed by atoms with E-state index in [4.69, 9.17) is 14.9 Å². The molecule has 0 spiro atoms. The summed E-state index contributed by atoms with van der Waals surface area (Å²) in [5, 5.41) is 0.818. The third-order valence-corrected chi connectivity index (χ3v) is 6.00. The first-order valence-electron chi connectivity index (χ1n) is 11.7. The van der Waals surface area contributed by atoms with Gasteiger partial charge in [0.2, 0.25) is 0 Å². The number of H-pyrrole nitrogens is 1. The van der Waals surface area contributed by atoms with E-state index in [1.54, 1.807) is 0 Å². The fraction of sp³-hybridized carbons (Fsp3) is 0.440. The van der Waals surface area contributed by atoms with Crippen molar-refractivity contribution in [1.29, 1.82) is 0 Å². The zero-order valence-electron chi connectivity index (χ0n) is 20.6. The molecule has 3 aromatic rings. The van der Waals surface area contributed by atoms with Crippen molar-refractivity contribution in [3.8, 4) is 0 Å². The van der Waals surface area contributed by atoms with Crippen molar-refractivity contribution in [1.82, 2.24) is 9.55 Å². The number of esters is 1. The van der Waals surface area contributed by atoms with E-state index < -0.39 is 29.7 Å². The molecule has 2 heterocycles. The maximum Gasteiger partial charge on any atom is 0.330 e. The molecule has 10 nitrogen and oxygen atoms in total. The standard InChI is InChI=1S/C25H32N4O6/c1-5-7-11-28(21-23(26)29(10-6-2)25(33)27-24(21)32)19(30)14-34-20(31)12-17-13-35-22-16(4)15(3)8-9-18(17)22/h8-9,13H,5-7,10-12,14,26H2,1-4H3,(H,27,32,33). The maximum atomic E-state index is 13.0. The Balaban J connectivity index is 1.78. The van der Waals surface area contributed by atoms with Gasteiger partial charge in [-0.3, -0.25) is 23.9 Å². The minimum absolute atomic E-state index is 0.0676. The topological polar surface area (TPSA) is 141 Å². The molecule has 2 aromatic heterocycles. The monoisotopic (exact) mass is 484 g/mol. The summed E-state index contributed by atoms with van der Waals surface area (Å²) >= 11 is 0. The number of rotatable bonds is 10. The number of aromatic nitrogens is 2. The van der Waals surface area contributed by atoms with Gasteiger partial charge in [0.1, 0.15) is 11.4 Å². The number of aromatic amines is 1. The average Bonchev–Trinajstić information content (AvgIpc) is 3.22. The van der Waals surface area contributed by atoms with Crippen LogP contribution in [0.2, 0.25) is 0 Å². The molecular weight excluding hydrogens is 452 g/mol. The van der Waals surface area contributed by atoms with Gasteiger partial charge in [0.15, 0.2) is 12.3 Å². The molecule has 3 N–H and O–H groups in total. The summed E-state index contributed by atoms with van der Waals surface area (Å²) in [5.74, 6) is -1.30. The van der Waals surface area contributed by atoms with Crippen molar-refractivity contribution in [3.05, 3.63) is 55.9 Å². The number of carbonyl (C=O) groups is 2. The van der Waals surface area contributed by atoms with E-state index in [1.807, 2.05) is 39.8 Å². The molecular formula is C25H32N4O6. The highest BCUT2D eigenvalue weighted by molar-refractivity contribution is 5.97. The number of hydrogen-bond acceptors (Lipinski definition) is 7. The van der Waals surface area contributed by atoms with Gasteiger partial charge < -0.3 is 19.8 Å². The van der Waals surface area contributed by atoms with E-state index in [-0.39, 0.29) is 31.0 Å². The van der Waals surface area contributed by atoms with Crippen LogP contribution < -0.4 is 21.9 Å². The van der Waals surface area contributed by atoms with Gasteiger partial charge in [0.05, 0.1) is 12.7 Å². The number of nitrogens with zero attached hydrogens (tertiary/aromatic N) is 2. The molecule has 1 aromatic carbocycles. The Morgan fingerprint density at radius 1 is 1.17 bits per heavy atom. The number of carbonyl (C=O) groups excluding carboxylic acids is 2. The number of furan rings is 1. The number of hydrogen-bond donors (Lipinski definition) is 2. The van der Waals surface area contributed by atoms with Crippen molar-refractivity contribution in [2.45, 2.75) is 59.9 Å². The third-order valence-electron chi connectivity index (χ3n) is 6.00. The van der Waals surface area contributed by atoms with Crippen molar-refractivity contribution in [3.63, 3.8) is 0 Å². The Kier molecular flexibility index (Phi) is 8.16. The number of nitrogens with two attached hydrogens (primary N) is 1. The van der Waals surface area contributed by atoms with Crippen molar-refractivity contribution < 1.29 is 18.7 Å². The van der Waals surface area contributed by atoms with E-state index >= 15 is 0 Å². The van der Waals surface area contributed by atoms with Crippen LogP contribution in [0.25, 0.3) is 11.0 Å². The molecule has 10 heteroatoms. The predicted molar refractivity (Wildman–Crippen MR) is 134 cm³/mol. The summed E-state index contributed by atoms with van der Waals surface area (Å²) in [6, 6.07) is 3.85. The van der Waals surface area contributed by atoms with Gasteiger partial charge in [-0.2, -0.15) is 0 Å². The number of benzene rings is 1. The summed E-state index contributed by atoms with van der Waals surface area (Å²) in [7, 11) is 0. The van der Waals surface area contributed by atoms with Gasteiger partial charge in [-0.25, -0.2) is 4.79 Å². The first kappa shape index (κ1) is 25.8. The molecule has 0 aliphatic carbocycles. The van der Waals surface area contributed by atoms with Crippen LogP contribution in [0, 0.1) is 13.8 Å². The van der Waals surface area contributed by atoms with Gasteiger partial charge in [0, 0.05) is 24.0 Å². The number of ether oxygens (including phenoxy) is 1. The van der Waals surface area contributed by atoms with E-state index in [9.17, 15) is 19.2 Å². The Morgan fingerprint density at radius 2 is 1.91 bits per heavy atom. The number of nitrogens with one attached hydrogen (secondary N) is 1. The summed E-state index contributed by atoms with van der Waals surface area (Å²) in [5.41, 5.74) is 8.09. The number of nitrogen functional groups attached to an aromatic ring is 1. The van der Waals surface area contributed by atoms with E-state index in [1.165, 1.54) is 15.7 Å². The maximum absolute atomic E-state index is 13.0. The van der Waals surface area contributed by atoms with Crippen LogP contribution >= 0.6 is 0 Å². The molecule has 0 aliphatic heterocycles. The molecule has 188 valence electrons. The lowest BCUT2D eigenvalue weighted by Crippen LogP contribution is -2.43. The molecule has 0 radical (unpaired) electrons. The van der Waals surface area contributed by atoms with Crippen molar-refractivity contribution >= 4 is 34.4 Å². The summed E-state index contributed by atoms with van der Waals surface area (Å²) < 4.78 is 12.1. The number of fused-ring (bicyclic) bond motifs is 1. The molecule has 0 unspecified atom stereocenters. The van der Waals surface area contributed by atoms with Gasteiger partial charge in [-0.05, 0) is 37.8 Å². The zero-order valence-corrected chi connectivity index (χ0v) is 20.6. The highest BCUT2D eigenvalue weighted by atomic mass is 16.5. The molecule has 3 rings (SSSR count). The highest BCUT2D eigenvalue weighted by Crippen LogP contribution is 2.27. The lowest BCUT2D eigenvalue weighted by molar-refractivity contribution is -0.147. The second-order valence-electron chi connectivity index (χ2n) is 8.53. The van der Waals surface area contributed by atoms with Crippen LogP contribution in [0.1, 0.15) is 49.8 Å². The SMILES string of the molecule is CCCCN(C(=O)COC(=O)Cc1coc2c(C)c(C)ccc12)c1c(N)n(CCC)c(=O)[nH]c1=O. The molecule has 1 amide bonds. The number of aryl methyl sites for hydroxylation is 2. The summed E-state index contributed by atoms with van der Waals surface area (Å²) in [4.78, 5) is 53.7. The molecule has 35 heavy (non-hydrogen) atoms. The molecule has 0 saturated carbocycles. The van der Waals surface area contributed by atoms with Crippen molar-refractivity contribution in [2.24, 2.45) is 0 Å². The number of unbranched alkanes of at least 4 members (excludes halogenated alkanes) is 1. The van der Waals surface area contributed by atoms with Crippen molar-refractivity contribution in [2.75, 3.05) is 23.8 Å². The van der Waals surface area contributed by atoms with E-state index in [2.05, 4.69) is 4.98 Å². The number of amides is 1. The van der Waals surface area contributed by atoms with Crippen LogP contribution in [0.5, 0.6) is 0 Å². The molecule has 0 saturated heterocycles. The lowest BCUT2D eigenvalue weighted by atomic mass is 10.0. The van der Waals surface area contributed by atoms with E-state index in [0.717, 1.165) is 22.9 Å². The first-order valence-corrected chi connectivity index (χ1v) is 11.7. The smallest absolute Gasteiger partial charge is 0.330 e. The fourth-order valence-corrected chi connectivity index (χ4v) is 3.91. The molecule has 0 bridgehead atoms. The van der Waals surface area contributed by atoms with Crippen LogP contribution in [0.4, 0.5) is 11.5 Å². The van der Waals surface area contributed by atoms with Crippen LogP contribution in [0.3, 0.4) is 0 Å². The minimum Gasteiger partial charge on any atom is -0.464 e. The van der Waals surface area contributed by atoms with Crippen LogP contribution in [0.15, 0.2) is 32.4 Å². The van der Waals surface area contributed by atoms with Gasteiger partial charge in [0.25, 0.3) is 11.5 Å². The first-order chi connectivity index (χ1) is 16.7. The zero-order chi connectivity index (χ0) is 25.7. The Labute approximate surface area is 202 Å². The Hall–Kier alpha value is -3.82. The normalized spacial score (nSPS) is 11.1. The molecule has 0 fully saturated rings. The highest BCUT2D eigenvalue weighted by Gasteiger charge is 2.25. The van der Waals surface area contributed by atoms with Crippen LogP contribution in [-0.2, 0) is 27.3 Å². The van der Waals surface area contributed by atoms with Crippen LogP contribution in [-0.4, -0.2) is 34.6 Å². The fourth-order valence-electron chi connectivity index (χ4n) is 3.91.